The number of imidazole rings is 1. The summed E-state index contributed by atoms with van der Waals surface area (Å²) in [6, 6.07) is 0. The van der Waals surface area contributed by atoms with Crippen molar-refractivity contribution in [3.8, 4) is 0 Å². The lowest BCUT2D eigenvalue weighted by Crippen LogP contribution is -2.46. The van der Waals surface area contributed by atoms with Gasteiger partial charge in [0.15, 0.2) is 17.7 Å². The summed E-state index contributed by atoms with van der Waals surface area (Å²) in [5.74, 6) is -1.13. The van der Waals surface area contributed by atoms with Crippen molar-refractivity contribution in [3.05, 3.63) is 24.8 Å². The Kier molecular flexibility index (Phi) is 15.8. The van der Waals surface area contributed by atoms with Gasteiger partial charge in [-0.05, 0) is 13.0 Å². The van der Waals surface area contributed by atoms with Crippen LogP contribution in [-0.2, 0) is 50.7 Å². The molecule has 1 aliphatic heterocycles. The highest BCUT2D eigenvalue weighted by molar-refractivity contribution is 8.14. The molecule has 0 aliphatic carbocycles. The third-order valence-corrected chi connectivity index (χ3v) is 11.0. The molecule has 2 amide bonds. The number of anilines is 1. The number of nitrogens with zero attached hydrogens (tertiary/aromatic N) is 4. The van der Waals surface area contributed by atoms with Crippen LogP contribution in [0.25, 0.3) is 11.2 Å². The van der Waals surface area contributed by atoms with E-state index in [2.05, 4.69) is 34.4 Å². The minimum absolute atomic E-state index is 0.0300. The molecule has 0 aromatic carbocycles. The maximum atomic E-state index is 12.6. The number of carbonyl (C=O) groups excluding carboxylic acids is 3. The second-order valence-electron chi connectivity index (χ2n) is 11.7. The van der Waals surface area contributed by atoms with Crippen LogP contribution < -0.4 is 16.4 Å². The van der Waals surface area contributed by atoms with Crippen molar-refractivity contribution >= 4 is 69.1 Å². The molecule has 24 nitrogen and oxygen atoms in total. The van der Waals surface area contributed by atoms with Gasteiger partial charge in [-0.15, -0.1) is 0 Å². The molecule has 3 rings (SSSR count). The Balaban J connectivity index is 1.52. The van der Waals surface area contributed by atoms with Gasteiger partial charge in [0.25, 0.3) is 0 Å². The van der Waals surface area contributed by atoms with Crippen LogP contribution in [0.4, 0.5) is 5.82 Å². The van der Waals surface area contributed by atoms with Crippen LogP contribution in [0.3, 0.4) is 0 Å². The number of nitrogens with two attached hydrogens (primary N) is 1. The van der Waals surface area contributed by atoms with Crippen LogP contribution >= 0.6 is 35.2 Å². The zero-order valence-electron chi connectivity index (χ0n) is 28.2. The van der Waals surface area contributed by atoms with Gasteiger partial charge in [0.1, 0.15) is 36.3 Å². The minimum Gasteiger partial charge on any atom is -0.386 e. The number of thioether (sulfide) groups is 1. The van der Waals surface area contributed by atoms with E-state index in [-0.39, 0.29) is 41.6 Å². The Bertz CT molecular complexity index is 1790. The van der Waals surface area contributed by atoms with Crippen molar-refractivity contribution in [2.75, 3.05) is 37.8 Å². The van der Waals surface area contributed by atoms with Gasteiger partial charge >= 0.3 is 23.5 Å². The number of aliphatic hydroxyl groups excluding tert-OH is 2. The summed E-state index contributed by atoms with van der Waals surface area (Å²) >= 11 is 1.01. The summed E-state index contributed by atoms with van der Waals surface area (Å²) in [5, 5.41) is 26.1. The lowest BCUT2D eigenvalue weighted by Gasteiger charge is -2.30. The fraction of sp³-hybridized carbons (Fsp3) is 0.600. The van der Waals surface area contributed by atoms with E-state index in [4.69, 9.17) is 19.5 Å². The first kappa shape index (κ1) is 44.7. The van der Waals surface area contributed by atoms with E-state index < -0.39 is 84.6 Å². The van der Waals surface area contributed by atoms with Gasteiger partial charge in [-0.2, -0.15) is 4.31 Å². The van der Waals surface area contributed by atoms with Gasteiger partial charge in [0.2, 0.25) is 16.9 Å². The van der Waals surface area contributed by atoms with Crippen molar-refractivity contribution in [2.45, 2.75) is 57.8 Å². The molecule has 53 heavy (non-hydrogen) atoms. The number of rotatable bonds is 20. The average Bonchev–Trinajstić information content (AvgIpc) is 3.61. The molecule has 0 bridgehead atoms. The van der Waals surface area contributed by atoms with Gasteiger partial charge in [-0.3, -0.25) is 32.5 Å². The number of nitrogens with one attached hydrogen (secondary N) is 2. The number of phosphoric ester groups is 3. The number of aliphatic hydroxyl groups is 2. The molecule has 1 fully saturated rings. The highest BCUT2D eigenvalue weighted by atomic mass is 32.2. The third-order valence-electron chi connectivity index (χ3n) is 7.05. The van der Waals surface area contributed by atoms with Crippen molar-refractivity contribution in [1.29, 1.82) is 0 Å². The van der Waals surface area contributed by atoms with Crippen LogP contribution in [0.2, 0.25) is 0 Å². The number of allylic oxidation sites excluding steroid dienone is 1. The van der Waals surface area contributed by atoms with E-state index >= 15 is 0 Å². The van der Waals surface area contributed by atoms with Crippen LogP contribution in [-0.4, -0.2) is 123 Å². The number of nitrogen functional groups attached to an aromatic ring is 1. The number of hydrogen-bond acceptors (Lipinski definition) is 18. The summed E-state index contributed by atoms with van der Waals surface area (Å²) in [6.45, 7) is 2.17. The lowest BCUT2D eigenvalue weighted by molar-refractivity contribution is -0.137. The Morgan fingerprint density at radius 2 is 1.77 bits per heavy atom. The molecule has 0 radical (unpaired) electrons. The highest BCUT2D eigenvalue weighted by Crippen LogP contribution is 2.61. The van der Waals surface area contributed by atoms with Crippen LogP contribution in [0.5, 0.6) is 0 Å². The van der Waals surface area contributed by atoms with E-state index in [0.717, 1.165) is 29.0 Å². The van der Waals surface area contributed by atoms with Crippen molar-refractivity contribution < 1.29 is 80.5 Å². The maximum Gasteiger partial charge on any atom is 0.481 e. The minimum atomic E-state index is -5.56. The van der Waals surface area contributed by atoms with E-state index in [0.29, 0.717) is 5.75 Å². The summed E-state index contributed by atoms with van der Waals surface area (Å²) < 4.78 is 61.9. The van der Waals surface area contributed by atoms with E-state index in [1.807, 2.05) is 0 Å². The van der Waals surface area contributed by atoms with Crippen molar-refractivity contribution in [3.63, 3.8) is 0 Å². The average molecular weight is 836 g/mol. The smallest absolute Gasteiger partial charge is 0.386 e. The Hall–Kier alpha value is -2.70. The van der Waals surface area contributed by atoms with Gasteiger partial charge in [-0.25, -0.2) is 28.6 Å². The van der Waals surface area contributed by atoms with Crippen molar-refractivity contribution in [1.82, 2.24) is 30.2 Å². The molecule has 0 spiro atoms. The van der Waals surface area contributed by atoms with E-state index in [9.17, 15) is 57.9 Å². The zero-order valence-corrected chi connectivity index (χ0v) is 31.7. The Morgan fingerprint density at radius 3 is 2.43 bits per heavy atom. The van der Waals surface area contributed by atoms with Gasteiger partial charge in [0.05, 0.1) is 19.5 Å². The van der Waals surface area contributed by atoms with Crippen LogP contribution in [0.1, 0.15) is 33.4 Å². The topological polar surface area (TPSA) is 364 Å². The number of hydrogen-bond donors (Lipinski definition) is 9. The second kappa shape index (κ2) is 18.8. The quantitative estimate of drug-likeness (QED) is 0.0449. The maximum absolute atomic E-state index is 12.6. The second-order valence-corrected chi connectivity index (χ2v) is 17.1. The van der Waals surface area contributed by atoms with Gasteiger partial charge < -0.3 is 50.9 Å². The number of aromatic nitrogens is 4. The van der Waals surface area contributed by atoms with Crippen molar-refractivity contribution in [2.24, 2.45) is 5.41 Å². The van der Waals surface area contributed by atoms with E-state index in [1.54, 1.807) is 13.0 Å². The molecule has 28 heteroatoms. The Labute approximate surface area is 305 Å². The standard InChI is InChI=1S/C25H40N7O17P3S/c1-4-5-16(34)53-9-8-27-15(33)6-7-28-23(37)20(36)25(2,3)11-46-52(43,44)49-51(41,42)45-10-14-19(48-50(38,39)40)18(35)24(47-14)32-13-31-17-21(26)29-12-30-22(17)32/h4-5,12-14,18-20,24,35-36H,6-11H2,1-3H3,(H,27,33)(H,28,37)(H,41,42)(H,43,44)(H2,26,29,30)(H2,38,39,40)/b5-4+/t14-,18?,19-,20?,24-/m1/s1. The number of fused-ring (bicyclic) bond motifs is 1. The summed E-state index contributed by atoms with van der Waals surface area (Å²) in [4.78, 5) is 86.7. The molecule has 4 unspecified atom stereocenters. The molecule has 7 atom stereocenters. The fourth-order valence-electron chi connectivity index (χ4n) is 4.47. The zero-order chi connectivity index (χ0) is 39.8. The Morgan fingerprint density at radius 1 is 1.09 bits per heavy atom. The number of amides is 2. The molecular weight excluding hydrogens is 795 g/mol. The summed E-state index contributed by atoms with van der Waals surface area (Å²) in [6.07, 6.45) is -3.94. The summed E-state index contributed by atoms with van der Waals surface area (Å²) in [7, 11) is -16.4. The first-order valence-corrected chi connectivity index (χ1v) is 20.7. The number of phosphoric acid groups is 3. The highest BCUT2D eigenvalue weighted by Gasteiger charge is 2.50. The molecule has 1 saturated heterocycles. The van der Waals surface area contributed by atoms with Crippen LogP contribution in [0.15, 0.2) is 24.8 Å². The predicted octanol–water partition coefficient (Wildman–Crippen LogP) is -0.759. The molecule has 1 aliphatic rings. The normalized spacial score (nSPS) is 22.4. The van der Waals surface area contributed by atoms with Gasteiger partial charge in [-0.1, -0.05) is 31.7 Å². The number of carbonyl (C=O) groups is 3. The third kappa shape index (κ3) is 13.5. The summed E-state index contributed by atoms with van der Waals surface area (Å²) in [5.41, 5.74) is 4.26. The first-order valence-electron chi connectivity index (χ1n) is 15.2. The molecular formula is C25H40N7O17P3S. The SMILES string of the molecule is C/C=C/C(=O)SCCNC(=O)CCNC(=O)C(O)C(C)(C)COP(=O)(O)OP(=O)(O)OC[C@H]1O[C@@H](n2cnc3c(N)ncnc32)C(O)[C@@H]1OP(=O)(O)O. The molecule has 298 valence electrons. The first-order chi connectivity index (χ1) is 24.6. The molecule has 10 N–H and O–H groups in total. The monoisotopic (exact) mass is 835 g/mol. The van der Waals surface area contributed by atoms with Gasteiger partial charge in [0, 0.05) is 30.7 Å². The number of ether oxygens (including phenoxy) is 1. The molecule has 0 saturated carbocycles. The largest absolute Gasteiger partial charge is 0.481 e. The predicted molar refractivity (Wildman–Crippen MR) is 182 cm³/mol. The van der Waals surface area contributed by atoms with Crippen LogP contribution in [0, 0.1) is 5.41 Å². The fourth-order valence-corrected chi connectivity index (χ4v) is 7.93. The van der Waals surface area contributed by atoms with E-state index in [1.165, 1.54) is 19.9 Å². The molecule has 3 heterocycles. The molecule has 2 aromatic rings. The molecule has 2 aromatic heterocycles. The lowest BCUT2D eigenvalue weighted by atomic mass is 9.87.